The van der Waals surface area contributed by atoms with Gasteiger partial charge >= 0.3 is 0 Å². The van der Waals surface area contributed by atoms with Gasteiger partial charge in [0.2, 0.25) is 5.91 Å². The number of amides is 1. The Balaban J connectivity index is 1.81. The molecule has 138 valence electrons. The summed E-state index contributed by atoms with van der Waals surface area (Å²) in [4.78, 5) is 21.0. The largest absolute Gasteiger partial charge is 0.357 e. The van der Waals surface area contributed by atoms with Gasteiger partial charge < -0.3 is 10.2 Å². The number of carbonyl (C=O) groups is 1. The Hall–Kier alpha value is -2.47. The minimum Gasteiger partial charge on any atom is -0.357 e. The van der Waals surface area contributed by atoms with Crippen molar-refractivity contribution in [3.63, 3.8) is 0 Å². The molecule has 0 saturated carbocycles. The number of piperazine rings is 1. The third-order valence-corrected chi connectivity index (χ3v) is 4.84. The Morgan fingerprint density at radius 1 is 1.31 bits per heavy atom. The Morgan fingerprint density at radius 3 is 2.73 bits per heavy atom. The fourth-order valence-corrected chi connectivity index (χ4v) is 3.14. The van der Waals surface area contributed by atoms with Crippen LogP contribution in [-0.4, -0.2) is 42.0 Å². The molecule has 0 radical (unpaired) electrons. The van der Waals surface area contributed by atoms with E-state index in [0.717, 1.165) is 11.4 Å². The van der Waals surface area contributed by atoms with E-state index >= 15 is 0 Å². The van der Waals surface area contributed by atoms with Gasteiger partial charge in [-0.1, -0.05) is 24.3 Å². The maximum absolute atomic E-state index is 14.3. The second kappa shape index (κ2) is 7.83. The van der Waals surface area contributed by atoms with E-state index in [1.165, 1.54) is 6.07 Å². The molecule has 1 unspecified atom stereocenters. The van der Waals surface area contributed by atoms with Crippen molar-refractivity contribution in [2.24, 2.45) is 0 Å². The van der Waals surface area contributed by atoms with Crippen molar-refractivity contribution in [1.82, 2.24) is 15.2 Å². The van der Waals surface area contributed by atoms with Gasteiger partial charge in [-0.15, -0.1) is 0 Å². The van der Waals surface area contributed by atoms with Crippen LogP contribution in [0.2, 0.25) is 0 Å². The normalized spacial score (nSPS) is 18.0. The Morgan fingerprint density at radius 2 is 2.08 bits per heavy atom. The van der Waals surface area contributed by atoms with Crippen molar-refractivity contribution in [3.05, 3.63) is 59.5 Å². The van der Waals surface area contributed by atoms with E-state index in [9.17, 15) is 9.18 Å². The molecule has 6 heteroatoms. The van der Waals surface area contributed by atoms with Crippen LogP contribution in [0.3, 0.4) is 0 Å². The number of aromatic nitrogens is 1. The summed E-state index contributed by atoms with van der Waals surface area (Å²) in [6, 6.07) is 10.2. The van der Waals surface area contributed by atoms with Gasteiger partial charge in [0.25, 0.3) is 0 Å². The minimum absolute atomic E-state index is 0.162. The summed E-state index contributed by atoms with van der Waals surface area (Å²) in [5.74, 6) is 0.392. The molecule has 2 aromatic rings. The van der Waals surface area contributed by atoms with E-state index < -0.39 is 6.04 Å². The number of nitrogens with one attached hydrogen (secondary N) is 1. The van der Waals surface area contributed by atoms with Crippen LogP contribution in [0.5, 0.6) is 0 Å². The van der Waals surface area contributed by atoms with Crippen LogP contribution in [0, 0.1) is 5.82 Å². The molecule has 1 aromatic heterocycles. The quantitative estimate of drug-likeness (QED) is 0.895. The van der Waals surface area contributed by atoms with Crippen LogP contribution >= 0.6 is 0 Å². The van der Waals surface area contributed by atoms with Crippen molar-refractivity contribution in [2.75, 3.05) is 25.0 Å². The lowest BCUT2D eigenvalue weighted by atomic mass is 10.0. The molecule has 5 nitrogen and oxygen atoms in total. The van der Waals surface area contributed by atoms with Crippen LogP contribution in [0.4, 0.5) is 10.2 Å². The summed E-state index contributed by atoms with van der Waals surface area (Å²) in [5.41, 5.74) is 1.41. The number of rotatable bonds is 5. The maximum Gasteiger partial charge on any atom is 0.242 e. The van der Waals surface area contributed by atoms with Gasteiger partial charge in [0, 0.05) is 44.5 Å². The van der Waals surface area contributed by atoms with Gasteiger partial charge in [0.1, 0.15) is 17.7 Å². The van der Waals surface area contributed by atoms with Crippen molar-refractivity contribution < 1.29 is 9.18 Å². The first kappa shape index (κ1) is 18.3. The summed E-state index contributed by atoms with van der Waals surface area (Å²) in [7, 11) is 2.01. The zero-order valence-corrected chi connectivity index (χ0v) is 15.4. The fourth-order valence-electron chi connectivity index (χ4n) is 3.14. The second-order valence-corrected chi connectivity index (χ2v) is 6.91. The van der Waals surface area contributed by atoms with Gasteiger partial charge in [0.15, 0.2) is 0 Å². The van der Waals surface area contributed by atoms with E-state index in [1.807, 2.05) is 30.3 Å². The second-order valence-electron chi connectivity index (χ2n) is 6.91. The highest BCUT2D eigenvalue weighted by atomic mass is 19.1. The number of anilines is 1. The van der Waals surface area contributed by atoms with Crippen molar-refractivity contribution in [1.29, 1.82) is 0 Å². The zero-order valence-electron chi connectivity index (χ0n) is 15.4. The molecule has 1 aliphatic heterocycles. The number of halogens is 1. The molecular formula is C20H25FN4O. The number of carbonyl (C=O) groups excluding carboxylic acids is 1. The molecule has 0 bridgehead atoms. The molecule has 1 amide bonds. The molecule has 1 saturated heterocycles. The molecule has 1 atom stereocenters. The van der Waals surface area contributed by atoms with Crippen LogP contribution < -0.4 is 10.2 Å². The maximum atomic E-state index is 14.3. The highest BCUT2D eigenvalue weighted by Gasteiger charge is 2.32. The van der Waals surface area contributed by atoms with Crippen LogP contribution in [0.25, 0.3) is 0 Å². The molecule has 3 rings (SSSR count). The Labute approximate surface area is 153 Å². The summed E-state index contributed by atoms with van der Waals surface area (Å²) in [5, 5.41) is 2.84. The van der Waals surface area contributed by atoms with Gasteiger partial charge in [-0.05, 0) is 31.5 Å². The van der Waals surface area contributed by atoms with Crippen LogP contribution in [-0.2, 0) is 11.3 Å². The summed E-state index contributed by atoms with van der Waals surface area (Å²) < 4.78 is 14.3. The average Bonchev–Trinajstić information content (AvgIpc) is 2.63. The van der Waals surface area contributed by atoms with Crippen molar-refractivity contribution in [2.45, 2.75) is 32.5 Å². The van der Waals surface area contributed by atoms with Gasteiger partial charge in [-0.2, -0.15) is 0 Å². The first-order valence-corrected chi connectivity index (χ1v) is 8.91. The summed E-state index contributed by atoms with van der Waals surface area (Å²) in [6.07, 6.45) is 1.83. The topological polar surface area (TPSA) is 48.5 Å². The number of hydrogen-bond acceptors (Lipinski definition) is 4. The van der Waals surface area contributed by atoms with E-state index in [2.05, 4.69) is 29.0 Å². The van der Waals surface area contributed by atoms with Crippen LogP contribution in [0.15, 0.2) is 42.6 Å². The smallest absolute Gasteiger partial charge is 0.242 e. The predicted molar refractivity (Wildman–Crippen MR) is 100 cm³/mol. The zero-order chi connectivity index (χ0) is 18.7. The Bertz CT molecular complexity index is 763. The summed E-state index contributed by atoms with van der Waals surface area (Å²) >= 11 is 0. The predicted octanol–water partition coefficient (Wildman–Crippen LogP) is 2.74. The lowest BCUT2D eigenvalue weighted by Crippen LogP contribution is -2.49. The van der Waals surface area contributed by atoms with Crippen LogP contribution in [0.1, 0.15) is 31.0 Å². The molecule has 1 aromatic carbocycles. The number of pyridine rings is 1. The van der Waals surface area contributed by atoms with Crippen molar-refractivity contribution in [3.8, 4) is 0 Å². The van der Waals surface area contributed by atoms with E-state index in [-0.39, 0.29) is 11.7 Å². The minimum atomic E-state index is -0.622. The molecule has 1 fully saturated rings. The first-order chi connectivity index (χ1) is 12.5. The first-order valence-electron chi connectivity index (χ1n) is 8.91. The lowest BCUT2D eigenvalue weighted by molar-refractivity contribution is -0.129. The molecular weight excluding hydrogens is 331 g/mol. The third-order valence-electron chi connectivity index (χ3n) is 4.84. The van der Waals surface area contributed by atoms with Gasteiger partial charge in [-0.25, -0.2) is 9.37 Å². The van der Waals surface area contributed by atoms with E-state index in [4.69, 9.17) is 0 Å². The molecule has 1 N–H and O–H groups in total. The number of nitrogens with zero attached hydrogens (tertiary/aromatic N) is 3. The van der Waals surface area contributed by atoms with E-state index in [1.54, 1.807) is 18.2 Å². The number of hydrogen-bond donors (Lipinski definition) is 1. The highest BCUT2D eigenvalue weighted by molar-refractivity contribution is 5.84. The Kier molecular flexibility index (Phi) is 5.52. The molecule has 0 spiro atoms. The SMILES string of the molecule is CC(C)N(C)c1ccc(CN2CCNC(=O)C2c2ccccc2F)cn1. The summed E-state index contributed by atoms with van der Waals surface area (Å²) in [6.45, 7) is 6.00. The molecule has 26 heavy (non-hydrogen) atoms. The molecule has 1 aliphatic rings. The third kappa shape index (κ3) is 3.85. The average molecular weight is 356 g/mol. The van der Waals surface area contributed by atoms with Gasteiger partial charge in [0.05, 0.1) is 0 Å². The van der Waals surface area contributed by atoms with Crippen molar-refractivity contribution >= 4 is 11.7 Å². The standard InChI is InChI=1S/C20H25FN4O/c1-14(2)24(3)18-9-8-15(12-23-18)13-25-11-10-22-20(26)19(25)16-6-4-5-7-17(16)21/h4-9,12,14,19H,10-11,13H2,1-3H3,(H,22,26). The monoisotopic (exact) mass is 356 g/mol. The highest BCUT2D eigenvalue weighted by Crippen LogP contribution is 2.27. The fraction of sp³-hybridized carbons (Fsp3) is 0.400. The molecule has 0 aliphatic carbocycles. The van der Waals surface area contributed by atoms with E-state index in [0.29, 0.717) is 31.2 Å². The van der Waals surface area contributed by atoms with Gasteiger partial charge in [-0.3, -0.25) is 9.69 Å². The lowest BCUT2D eigenvalue weighted by Gasteiger charge is -2.35. The number of benzene rings is 1. The molecule has 2 heterocycles.